The van der Waals surface area contributed by atoms with E-state index in [4.69, 9.17) is 5.73 Å². The van der Waals surface area contributed by atoms with Gasteiger partial charge < -0.3 is 11.1 Å². The van der Waals surface area contributed by atoms with E-state index in [-0.39, 0.29) is 11.6 Å². The van der Waals surface area contributed by atoms with Gasteiger partial charge in [0.2, 0.25) is 0 Å². The number of carbonyl (C=O) groups is 2. The summed E-state index contributed by atoms with van der Waals surface area (Å²) < 4.78 is 3.22. The highest BCUT2D eigenvalue weighted by molar-refractivity contribution is 6.08. The standard InChI is InChI=1S/C13H18N6O2/c1-4-18-6-9(8(3)16-18)13(21)15-10-7-19(5-2)17-11(10)12(14)20/h6-7H,4-5H2,1-3H3,(H2,14,20)(H,15,21). The van der Waals surface area contributed by atoms with E-state index in [0.29, 0.717) is 30.0 Å². The molecule has 2 amide bonds. The molecule has 112 valence electrons. The number of primary amides is 1. The first kappa shape index (κ1) is 14.8. The molecule has 0 fully saturated rings. The van der Waals surface area contributed by atoms with Gasteiger partial charge in [0, 0.05) is 25.5 Å². The summed E-state index contributed by atoms with van der Waals surface area (Å²) in [6, 6.07) is 0. The Morgan fingerprint density at radius 2 is 1.81 bits per heavy atom. The predicted octanol–water partition coefficient (Wildman–Crippen LogP) is 0.779. The van der Waals surface area contributed by atoms with Gasteiger partial charge in [0.05, 0.1) is 16.9 Å². The molecule has 0 aliphatic rings. The Hall–Kier alpha value is -2.64. The first-order chi connectivity index (χ1) is 9.96. The molecule has 0 atom stereocenters. The van der Waals surface area contributed by atoms with Crippen LogP contribution < -0.4 is 11.1 Å². The number of carbonyl (C=O) groups excluding carboxylic acids is 2. The molecule has 0 spiro atoms. The van der Waals surface area contributed by atoms with Crippen molar-refractivity contribution in [2.24, 2.45) is 5.73 Å². The van der Waals surface area contributed by atoms with Crippen LogP contribution in [0.1, 0.15) is 40.4 Å². The highest BCUT2D eigenvalue weighted by Crippen LogP contribution is 2.16. The summed E-state index contributed by atoms with van der Waals surface area (Å²) in [4.78, 5) is 23.6. The number of rotatable bonds is 5. The second-order valence-electron chi connectivity index (χ2n) is 4.55. The lowest BCUT2D eigenvalue weighted by Gasteiger charge is -2.02. The highest BCUT2D eigenvalue weighted by atomic mass is 16.2. The van der Waals surface area contributed by atoms with Gasteiger partial charge in [-0.2, -0.15) is 10.2 Å². The fourth-order valence-corrected chi connectivity index (χ4v) is 1.95. The van der Waals surface area contributed by atoms with Crippen LogP contribution in [0.2, 0.25) is 0 Å². The highest BCUT2D eigenvalue weighted by Gasteiger charge is 2.19. The normalized spacial score (nSPS) is 10.6. The third-order valence-electron chi connectivity index (χ3n) is 3.08. The molecule has 0 unspecified atom stereocenters. The molecule has 2 aromatic rings. The zero-order chi connectivity index (χ0) is 15.6. The molecule has 0 saturated heterocycles. The fourth-order valence-electron chi connectivity index (χ4n) is 1.95. The molecule has 0 aromatic carbocycles. The minimum Gasteiger partial charge on any atom is -0.364 e. The SMILES string of the molecule is CCn1cc(C(=O)Nc2cn(CC)nc2C(N)=O)c(C)n1. The van der Waals surface area contributed by atoms with Crippen LogP contribution in [0.4, 0.5) is 5.69 Å². The Kier molecular flexibility index (Phi) is 4.06. The molecular formula is C13H18N6O2. The van der Waals surface area contributed by atoms with E-state index >= 15 is 0 Å². The van der Waals surface area contributed by atoms with Gasteiger partial charge in [0.15, 0.2) is 5.69 Å². The molecule has 8 heteroatoms. The average Bonchev–Trinajstić information content (AvgIpc) is 3.02. The third-order valence-corrected chi connectivity index (χ3v) is 3.08. The second-order valence-corrected chi connectivity index (χ2v) is 4.55. The summed E-state index contributed by atoms with van der Waals surface area (Å²) in [6.45, 7) is 6.81. The van der Waals surface area contributed by atoms with E-state index in [1.807, 2.05) is 13.8 Å². The maximum Gasteiger partial charge on any atom is 0.271 e. The molecule has 2 rings (SSSR count). The van der Waals surface area contributed by atoms with Crippen molar-refractivity contribution < 1.29 is 9.59 Å². The van der Waals surface area contributed by atoms with Gasteiger partial charge >= 0.3 is 0 Å². The maximum absolute atomic E-state index is 12.3. The molecule has 0 radical (unpaired) electrons. The minimum atomic E-state index is -0.682. The summed E-state index contributed by atoms with van der Waals surface area (Å²) in [6.07, 6.45) is 3.25. The molecule has 0 saturated carbocycles. The molecule has 0 aliphatic heterocycles. The quantitative estimate of drug-likeness (QED) is 0.848. The summed E-state index contributed by atoms with van der Waals surface area (Å²) >= 11 is 0. The lowest BCUT2D eigenvalue weighted by atomic mass is 10.2. The van der Waals surface area contributed by atoms with Gasteiger partial charge in [-0.05, 0) is 20.8 Å². The number of nitrogens with two attached hydrogens (primary N) is 1. The third kappa shape index (κ3) is 2.93. The molecular weight excluding hydrogens is 272 g/mol. The van der Waals surface area contributed by atoms with Crippen LogP contribution in [-0.2, 0) is 13.1 Å². The Labute approximate surface area is 121 Å². The van der Waals surface area contributed by atoms with Crippen molar-refractivity contribution in [1.29, 1.82) is 0 Å². The summed E-state index contributed by atoms with van der Waals surface area (Å²) in [5.74, 6) is -1.02. The van der Waals surface area contributed by atoms with E-state index in [2.05, 4.69) is 15.5 Å². The van der Waals surface area contributed by atoms with Crippen molar-refractivity contribution in [2.75, 3.05) is 5.32 Å². The van der Waals surface area contributed by atoms with E-state index in [0.717, 1.165) is 0 Å². The molecule has 0 bridgehead atoms. The number of aryl methyl sites for hydroxylation is 3. The molecule has 8 nitrogen and oxygen atoms in total. The van der Waals surface area contributed by atoms with Gasteiger partial charge in [-0.3, -0.25) is 19.0 Å². The minimum absolute atomic E-state index is 0.0470. The second kappa shape index (κ2) is 5.78. The number of nitrogens with one attached hydrogen (secondary N) is 1. The Morgan fingerprint density at radius 1 is 1.19 bits per heavy atom. The lowest BCUT2D eigenvalue weighted by molar-refractivity contribution is 0.0995. The maximum atomic E-state index is 12.3. The van der Waals surface area contributed by atoms with Crippen molar-refractivity contribution >= 4 is 17.5 Å². The largest absolute Gasteiger partial charge is 0.364 e. The number of nitrogens with zero attached hydrogens (tertiary/aromatic N) is 4. The molecule has 21 heavy (non-hydrogen) atoms. The van der Waals surface area contributed by atoms with Crippen molar-refractivity contribution in [1.82, 2.24) is 19.6 Å². The monoisotopic (exact) mass is 290 g/mol. The number of amides is 2. The predicted molar refractivity (Wildman–Crippen MR) is 77.0 cm³/mol. The summed E-state index contributed by atoms with van der Waals surface area (Å²) in [5, 5.41) is 10.9. The van der Waals surface area contributed by atoms with Gasteiger partial charge in [0.25, 0.3) is 11.8 Å². The number of hydrogen-bond acceptors (Lipinski definition) is 4. The van der Waals surface area contributed by atoms with Gasteiger partial charge in [-0.25, -0.2) is 0 Å². The van der Waals surface area contributed by atoms with Crippen LogP contribution >= 0.6 is 0 Å². The Morgan fingerprint density at radius 3 is 2.33 bits per heavy atom. The van der Waals surface area contributed by atoms with Crippen LogP contribution in [0, 0.1) is 6.92 Å². The molecule has 0 aliphatic carbocycles. The Bertz CT molecular complexity index is 685. The van der Waals surface area contributed by atoms with Crippen molar-refractivity contribution in [2.45, 2.75) is 33.9 Å². The van der Waals surface area contributed by atoms with E-state index in [1.54, 1.807) is 24.0 Å². The zero-order valence-electron chi connectivity index (χ0n) is 12.3. The molecule has 2 heterocycles. The summed E-state index contributed by atoms with van der Waals surface area (Å²) in [7, 11) is 0. The van der Waals surface area contributed by atoms with Crippen LogP contribution in [0.15, 0.2) is 12.4 Å². The Balaban J connectivity index is 2.28. The number of anilines is 1. The van der Waals surface area contributed by atoms with Crippen LogP contribution in [-0.4, -0.2) is 31.4 Å². The van der Waals surface area contributed by atoms with Gasteiger partial charge in [-0.1, -0.05) is 0 Å². The van der Waals surface area contributed by atoms with E-state index < -0.39 is 5.91 Å². The van der Waals surface area contributed by atoms with E-state index in [1.165, 1.54) is 4.68 Å². The zero-order valence-corrected chi connectivity index (χ0v) is 12.3. The van der Waals surface area contributed by atoms with Crippen LogP contribution in [0.3, 0.4) is 0 Å². The van der Waals surface area contributed by atoms with Gasteiger partial charge in [0.1, 0.15) is 0 Å². The smallest absolute Gasteiger partial charge is 0.271 e. The summed E-state index contributed by atoms with van der Waals surface area (Å²) in [5.41, 5.74) is 6.70. The van der Waals surface area contributed by atoms with Crippen LogP contribution in [0.5, 0.6) is 0 Å². The van der Waals surface area contributed by atoms with Crippen LogP contribution in [0.25, 0.3) is 0 Å². The van der Waals surface area contributed by atoms with Crippen molar-refractivity contribution in [3.63, 3.8) is 0 Å². The average molecular weight is 290 g/mol. The topological polar surface area (TPSA) is 108 Å². The molecule has 2 aromatic heterocycles. The van der Waals surface area contributed by atoms with Crippen molar-refractivity contribution in [3.8, 4) is 0 Å². The number of aromatic nitrogens is 4. The van der Waals surface area contributed by atoms with Gasteiger partial charge in [-0.15, -0.1) is 0 Å². The van der Waals surface area contributed by atoms with E-state index in [9.17, 15) is 9.59 Å². The first-order valence-corrected chi connectivity index (χ1v) is 6.68. The molecule has 3 N–H and O–H groups in total. The fraction of sp³-hybridized carbons (Fsp3) is 0.385. The van der Waals surface area contributed by atoms with Crippen molar-refractivity contribution in [3.05, 3.63) is 29.3 Å². The lowest BCUT2D eigenvalue weighted by Crippen LogP contribution is -2.18. The first-order valence-electron chi connectivity index (χ1n) is 6.68. The number of hydrogen-bond donors (Lipinski definition) is 2.